The minimum absolute atomic E-state index is 0.300. The lowest BCUT2D eigenvalue weighted by Crippen LogP contribution is -2.15. The monoisotopic (exact) mass is 283 g/mol. The van der Waals surface area contributed by atoms with Crippen LogP contribution in [0.25, 0.3) is 10.6 Å². The Morgan fingerprint density at radius 1 is 1.44 bits per heavy atom. The first-order valence-electron chi connectivity index (χ1n) is 6.10. The number of H-pyrrole nitrogens is 1. The molecule has 0 aliphatic heterocycles. The third-order valence-corrected chi connectivity index (χ3v) is 4.13. The Bertz CT molecular complexity index is 504. The SMILES string of the molecule is CC(C)CC(CN)c1ncc(-c2ccc(Cl)s2)[nH]1. The molecule has 0 spiro atoms. The van der Waals surface area contributed by atoms with E-state index in [0.717, 1.165) is 27.2 Å². The van der Waals surface area contributed by atoms with Gasteiger partial charge in [0, 0.05) is 12.5 Å². The van der Waals surface area contributed by atoms with Gasteiger partial charge < -0.3 is 10.7 Å². The summed E-state index contributed by atoms with van der Waals surface area (Å²) in [5, 5.41) is 0. The van der Waals surface area contributed by atoms with E-state index in [9.17, 15) is 0 Å². The molecule has 0 aromatic carbocycles. The van der Waals surface area contributed by atoms with Crippen molar-refractivity contribution in [3.8, 4) is 10.6 Å². The summed E-state index contributed by atoms with van der Waals surface area (Å²) in [4.78, 5) is 8.92. The molecule has 0 bridgehead atoms. The van der Waals surface area contributed by atoms with Crippen LogP contribution in [0, 0.1) is 5.92 Å². The molecule has 0 saturated heterocycles. The molecule has 18 heavy (non-hydrogen) atoms. The summed E-state index contributed by atoms with van der Waals surface area (Å²) in [7, 11) is 0. The summed E-state index contributed by atoms with van der Waals surface area (Å²) >= 11 is 7.49. The predicted octanol–water partition coefficient (Wildman–Crippen LogP) is 3.88. The van der Waals surface area contributed by atoms with E-state index in [1.54, 1.807) is 11.3 Å². The molecule has 0 aliphatic rings. The first kappa shape index (κ1) is 13.6. The number of aromatic nitrogens is 2. The molecular formula is C13H18ClN3S. The molecule has 1 unspecified atom stereocenters. The number of hydrogen-bond acceptors (Lipinski definition) is 3. The van der Waals surface area contributed by atoms with Gasteiger partial charge in [0.2, 0.25) is 0 Å². The van der Waals surface area contributed by atoms with E-state index < -0.39 is 0 Å². The Kier molecular flexibility index (Phi) is 4.43. The van der Waals surface area contributed by atoms with Gasteiger partial charge in [-0.3, -0.25) is 0 Å². The number of imidazole rings is 1. The third kappa shape index (κ3) is 3.13. The van der Waals surface area contributed by atoms with E-state index in [-0.39, 0.29) is 0 Å². The van der Waals surface area contributed by atoms with Crippen LogP contribution in [0.4, 0.5) is 0 Å². The molecule has 1 atom stereocenters. The lowest BCUT2D eigenvalue weighted by molar-refractivity contribution is 0.490. The van der Waals surface area contributed by atoms with Gasteiger partial charge in [-0.25, -0.2) is 4.98 Å². The topological polar surface area (TPSA) is 54.7 Å². The quantitative estimate of drug-likeness (QED) is 0.875. The molecule has 3 N–H and O–H groups in total. The second kappa shape index (κ2) is 5.87. The summed E-state index contributed by atoms with van der Waals surface area (Å²) in [6, 6.07) is 3.90. The Morgan fingerprint density at radius 3 is 2.78 bits per heavy atom. The molecule has 2 heterocycles. The van der Waals surface area contributed by atoms with Crippen molar-refractivity contribution in [3.63, 3.8) is 0 Å². The normalized spacial score (nSPS) is 13.2. The van der Waals surface area contributed by atoms with Crippen molar-refractivity contribution in [1.29, 1.82) is 0 Å². The minimum atomic E-state index is 0.300. The van der Waals surface area contributed by atoms with Crippen LogP contribution in [0.2, 0.25) is 4.34 Å². The highest BCUT2D eigenvalue weighted by atomic mass is 35.5. The fraction of sp³-hybridized carbons (Fsp3) is 0.462. The standard InChI is InChI=1S/C13H18ClN3S/c1-8(2)5-9(6-15)13-16-7-10(17-13)11-3-4-12(14)18-11/h3-4,7-9H,5-6,15H2,1-2H3,(H,16,17). The molecule has 0 saturated carbocycles. The smallest absolute Gasteiger partial charge is 0.110 e. The Balaban J connectivity index is 2.18. The Labute approximate surface area is 116 Å². The van der Waals surface area contributed by atoms with Gasteiger partial charge in [-0.15, -0.1) is 11.3 Å². The van der Waals surface area contributed by atoms with E-state index in [4.69, 9.17) is 17.3 Å². The van der Waals surface area contributed by atoms with Gasteiger partial charge in [0.1, 0.15) is 5.82 Å². The van der Waals surface area contributed by atoms with Gasteiger partial charge in [-0.1, -0.05) is 25.4 Å². The number of nitrogens with zero attached hydrogens (tertiary/aromatic N) is 1. The maximum Gasteiger partial charge on any atom is 0.110 e. The van der Waals surface area contributed by atoms with Gasteiger partial charge in [-0.05, 0) is 24.5 Å². The van der Waals surface area contributed by atoms with E-state index in [0.29, 0.717) is 18.4 Å². The zero-order valence-electron chi connectivity index (χ0n) is 10.6. The molecule has 2 rings (SSSR count). The molecule has 2 aromatic heterocycles. The lowest BCUT2D eigenvalue weighted by atomic mass is 9.97. The Hall–Kier alpha value is -0.840. The van der Waals surface area contributed by atoms with Crippen molar-refractivity contribution in [2.24, 2.45) is 11.7 Å². The largest absolute Gasteiger partial charge is 0.341 e. The van der Waals surface area contributed by atoms with Crippen molar-refractivity contribution in [1.82, 2.24) is 9.97 Å². The van der Waals surface area contributed by atoms with Crippen LogP contribution in [0.3, 0.4) is 0 Å². The van der Waals surface area contributed by atoms with Crippen LogP contribution >= 0.6 is 22.9 Å². The number of halogens is 1. The summed E-state index contributed by atoms with van der Waals surface area (Å²) in [6.07, 6.45) is 2.91. The first-order valence-corrected chi connectivity index (χ1v) is 7.30. The molecular weight excluding hydrogens is 266 g/mol. The second-order valence-corrected chi connectivity index (χ2v) is 6.56. The van der Waals surface area contributed by atoms with Crippen molar-refractivity contribution in [3.05, 3.63) is 28.5 Å². The number of nitrogens with two attached hydrogens (primary N) is 1. The number of rotatable bonds is 5. The van der Waals surface area contributed by atoms with E-state index in [1.165, 1.54) is 0 Å². The van der Waals surface area contributed by atoms with E-state index >= 15 is 0 Å². The average molecular weight is 284 g/mol. The molecule has 0 aliphatic carbocycles. The van der Waals surface area contributed by atoms with Crippen LogP contribution in [0.5, 0.6) is 0 Å². The number of nitrogens with one attached hydrogen (secondary N) is 1. The molecule has 0 amide bonds. The van der Waals surface area contributed by atoms with Gasteiger partial charge >= 0.3 is 0 Å². The van der Waals surface area contributed by atoms with Crippen LogP contribution in [-0.2, 0) is 0 Å². The first-order chi connectivity index (χ1) is 8.60. The zero-order chi connectivity index (χ0) is 13.1. The minimum Gasteiger partial charge on any atom is -0.341 e. The highest BCUT2D eigenvalue weighted by Crippen LogP contribution is 2.31. The molecule has 3 nitrogen and oxygen atoms in total. The van der Waals surface area contributed by atoms with Gasteiger partial charge in [0.25, 0.3) is 0 Å². The zero-order valence-corrected chi connectivity index (χ0v) is 12.2. The fourth-order valence-corrected chi connectivity index (χ4v) is 3.03. The van der Waals surface area contributed by atoms with Gasteiger partial charge in [-0.2, -0.15) is 0 Å². The van der Waals surface area contributed by atoms with E-state index in [2.05, 4.69) is 23.8 Å². The maximum atomic E-state index is 5.94. The van der Waals surface area contributed by atoms with Crippen molar-refractivity contribution in [2.45, 2.75) is 26.2 Å². The van der Waals surface area contributed by atoms with Crippen LogP contribution in [0.1, 0.15) is 32.0 Å². The number of aromatic amines is 1. The van der Waals surface area contributed by atoms with Gasteiger partial charge in [0.15, 0.2) is 0 Å². The second-order valence-electron chi connectivity index (χ2n) is 4.85. The van der Waals surface area contributed by atoms with Crippen molar-refractivity contribution >= 4 is 22.9 Å². The summed E-state index contributed by atoms with van der Waals surface area (Å²) in [5.41, 5.74) is 6.84. The summed E-state index contributed by atoms with van der Waals surface area (Å²) < 4.78 is 0.790. The predicted molar refractivity (Wildman–Crippen MR) is 78.2 cm³/mol. The van der Waals surface area contributed by atoms with Crippen LogP contribution in [-0.4, -0.2) is 16.5 Å². The van der Waals surface area contributed by atoms with Crippen LogP contribution in [0.15, 0.2) is 18.3 Å². The lowest BCUT2D eigenvalue weighted by Gasteiger charge is -2.14. The fourth-order valence-electron chi connectivity index (χ4n) is 2.02. The third-order valence-electron chi connectivity index (χ3n) is 2.86. The van der Waals surface area contributed by atoms with Crippen molar-refractivity contribution < 1.29 is 0 Å². The highest BCUT2D eigenvalue weighted by molar-refractivity contribution is 7.19. The molecule has 98 valence electrons. The molecule has 2 aromatic rings. The molecule has 5 heteroatoms. The van der Waals surface area contributed by atoms with Crippen molar-refractivity contribution in [2.75, 3.05) is 6.54 Å². The van der Waals surface area contributed by atoms with Gasteiger partial charge in [0.05, 0.1) is 21.1 Å². The summed E-state index contributed by atoms with van der Waals surface area (Å²) in [6.45, 7) is 5.02. The number of hydrogen-bond donors (Lipinski definition) is 2. The summed E-state index contributed by atoms with van der Waals surface area (Å²) in [5.74, 6) is 1.89. The highest BCUT2D eigenvalue weighted by Gasteiger charge is 2.16. The molecule has 0 radical (unpaired) electrons. The van der Waals surface area contributed by atoms with Crippen LogP contribution < -0.4 is 5.73 Å². The molecule has 0 fully saturated rings. The maximum absolute atomic E-state index is 5.94. The van der Waals surface area contributed by atoms with E-state index in [1.807, 2.05) is 18.3 Å². The average Bonchev–Trinajstić information content (AvgIpc) is 2.93. The Morgan fingerprint density at radius 2 is 2.22 bits per heavy atom. The number of thiophene rings is 1.